The van der Waals surface area contributed by atoms with E-state index in [1.165, 1.54) is 6.07 Å². The zero-order chi connectivity index (χ0) is 17.2. The number of halogens is 2. The van der Waals surface area contributed by atoms with Gasteiger partial charge in [-0.15, -0.1) is 12.4 Å². The standard InChI is InChI=1S/C20H20FN3O.ClH/c21-17-7-3-1-6-16(17)14-24-18-8-4-2-5-15(18)13-19(24)20(25)23-11-9-22-10-12-23;/h1-8,13,22H,9-12,14H2;1H. The third kappa shape index (κ3) is 3.45. The van der Waals surface area contributed by atoms with E-state index in [0.29, 0.717) is 30.9 Å². The molecule has 2 aromatic carbocycles. The van der Waals surface area contributed by atoms with Gasteiger partial charge in [0.1, 0.15) is 11.5 Å². The van der Waals surface area contributed by atoms with Crippen LogP contribution in [0.15, 0.2) is 54.6 Å². The molecular weight excluding hydrogens is 353 g/mol. The maximum absolute atomic E-state index is 14.2. The summed E-state index contributed by atoms with van der Waals surface area (Å²) in [6.45, 7) is 3.34. The minimum atomic E-state index is -0.249. The monoisotopic (exact) mass is 373 g/mol. The van der Waals surface area contributed by atoms with Gasteiger partial charge < -0.3 is 14.8 Å². The van der Waals surface area contributed by atoms with Crippen molar-refractivity contribution in [2.45, 2.75) is 6.54 Å². The first-order valence-electron chi connectivity index (χ1n) is 8.56. The fraction of sp³-hybridized carbons (Fsp3) is 0.250. The highest BCUT2D eigenvalue weighted by atomic mass is 35.5. The molecule has 4 nitrogen and oxygen atoms in total. The molecule has 0 unspecified atom stereocenters. The molecule has 0 aliphatic carbocycles. The van der Waals surface area contributed by atoms with Crippen LogP contribution in [0.25, 0.3) is 10.9 Å². The van der Waals surface area contributed by atoms with Gasteiger partial charge in [-0.1, -0.05) is 36.4 Å². The average molecular weight is 374 g/mol. The molecule has 1 aliphatic rings. The van der Waals surface area contributed by atoms with Gasteiger partial charge in [0.05, 0.1) is 6.54 Å². The van der Waals surface area contributed by atoms with Crippen LogP contribution >= 0.6 is 12.4 Å². The predicted molar refractivity (Wildman–Crippen MR) is 103 cm³/mol. The Morgan fingerprint density at radius 3 is 2.50 bits per heavy atom. The van der Waals surface area contributed by atoms with Crippen LogP contribution in [-0.4, -0.2) is 41.6 Å². The highest BCUT2D eigenvalue weighted by molar-refractivity contribution is 5.99. The Morgan fingerprint density at radius 2 is 1.73 bits per heavy atom. The molecule has 1 aromatic heterocycles. The summed E-state index contributed by atoms with van der Waals surface area (Å²) in [5.74, 6) is -0.241. The van der Waals surface area contributed by atoms with Gasteiger partial charge in [0.15, 0.2) is 0 Å². The van der Waals surface area contributed by atoms with Gasteiger partial charge in [-0.2, -0.15) is 0 Å². The number of rotatable bonds is 3. The Kier molecular flexibility index (Phi) is 5.59. The third-order valence-electron chi connectivity index (χ3n) is 4.72. The van der Waals surface area contributed by atoms with Gasteiger partial charge in [0.2, 0.25) is 0 Å². The second-order valence-electron chi connectivity index (χ2n) is 6.31. The lowest BCUT2D eigenvalue weighted by Gasteiger charge is -2.27. The summed E-state index contributed by atoms with van der Waals surface area (Å²) in [6.07, 6.45) is 0. The van der Waals surface area contributed by atoms with Crippen LogP contribution < -0.4 is 5.32 Å². The van der Waals surface area contributed by atoms with Crippen molar-refractivity contribution >= 4 is 29.2 Å². The number of piperazine rings is 1. The molecule has 3 aromatic rings. The van der Waals surface area contributed by atoms with Gasteiger partial charge in [-0.05, 0) is 18.2 Å². The molecule has 1 aliphatic heterocycles. The zero-order valence-electron chi connectivity index (χ0n) is 14.3. The smallest absolute Gasteiger partial charge is 0.270 e. The molecule has 1 fully saturated rings. The second-order valence-corrected chi connectivity index (χ2v) is 6.31. The van der Waals surface area contributed by atoms with Gasteiger partial charge in [-0.3, -0.25) is 4.79 Å². The zero-order valence-corrected chi connectivity index (χ0v) is 15.1. The van der Waals surface area contributed by atoms with E-state index >= 15 is 0 Å². The first-order chi connectivity index (χ1) is 12.2. The number of fused-ring (bicyclic) bond motifs is 1. The van der Waals surface area contributed by atoms with E-state index in [1.807, 2.05) is 45.9 Å². The van der Waals surface area contributed by atoms with Crippen LogP contribution in [0, 0.1) is 5.82 Å². The van der Waals surface area contributed by atoms with Crippen LogP contribution in [-0.2, 0) is 6.54 Å². The molecule has 0 saturated carbocycles. The van der Waals surface area contributed by atoms with Crippen molar-refractivity contribution in [1.82, 2.24) is 14.8 Å². The van der Waals surface area contributed by atoms with Crippen LogP contribution in [0.4, 0.5) is 4.39 Å². The predicted octanol–water partition coefficient (Wildman–Crippen LogP) is 3.30. The maximum Gasteiger partial charge on any atom is 0.270 e. The molecule has 0 bridgehead atoms. The number of aromatic nitrogens is 1. The summed E-state index contributed by atoms with van der Waals surface area (Å²) < 4.78 is 16.1. The van der Waals surface area contributed by atoms with Crippen LogP contribution in [0.1, 0.15) is 16.1 Å². The van der Waals surface area contributed by atoms with Crippen molar-refractivity contribution in [3.05, 3.63) is 71.7 Å². The first-order valence-corrected chi connectivity index (χ1v) is 8.56. The Morgan fingerprint density at radius 1 is 1.04 bits per heavy atom. The highest BCUT2D eigenvalue weighted by Gasteiger charge is 2.23. The Balaban J connectivity index is 0.00000196. The lowest BCUT2D eigenvalue weighted by atomic mass is 10.2. The number of hydrogen-bond donors (Lipinski definition) is 1. The number of benzene rings is 2. The topological polar surface area (TPSA) is 37.3 Å². The summed E-state index contributed by atoms with van der Waals surface area (Å²) in [5.41, 5.74) is 2.15. The SMILES string of the molecule is Cl.O=C(c1cc2ccccc2n1Cc1ccccc1F)N1CCNCC1. The molecule has 2 heterocycles. The normalized spacial score (nSPS) is 14.3. The minimum absolute atomic E-state index is 0. The van der Waals surface area contributed by atoms with E-state index in [0.717, 1.165) is 24.0 Å². The molecule has 136 valence electrons. The van der Waals surface area contributed by atoms with Crippen molar-refractivity contribution in [3.63, 3.8) is 0 Å². The minimum Gasteiger partial charge on any atom is -0.335 e. The van der Waals surface area contributed by atoms with Crippen molar-refractivity contribution in [3.8, 4) is 0 Å². The van der Waals surface area contributed by atoms with E-state index in [9.17, 15) is 9.18 Å². The molecule has 0 atom stereocenters. The summed E-state index contributed by atoms with van der Waals surface area (Å²) in [6, 6.07) is 16.5. The number of hydrogen-bond acceptors (Lipinski definition) is 2. The van der Waals surface area contributed by atoms with Gasteiger partial charge >= 0.3 is 0 Å². The van der Waals surface area contributed by atoms with Crippen molar-refractivity contribution in [2.75, 3.05) is 26.2 Å². The van der Waals surface area contributed by atoms with Crippen molar-refractivity contribution in [1.29, 1.82) is 0 Å². The number of amides is 1. The molecule has 1 saturated heterocycles. The van der Waals surface area contributed by atoms with E-state index in [1.54, 1.807) is 12.1 Å². The Labute approximate surface area is 158 Å². The number of nitrogens with zero attached hydrogens (tertiary/aromatic N) is 2. The highest BCUT2D eigenvalue weighted by Crippen LogP contribution is 2.23. The Bertz CT molecular complexity index is 918. The first kappa shape index (κ1) is 18.4. The average Bonchev–Trinajstić information content (AvgIpc) is 3.02. The van der Waals surface area contributed by atoms with Crippen LogP contribution in [0.3, 0.4) is 0 Å². The molecule has 0 radical (unpaired) electrons. The fourth-order valence-electron chi connectivity index (χ4n) is 3.38. The quantitative estimate of drug-likeness (QED) is 0.765. The fourth-order valence-corrected chi connectivity index (χ4v) is 3.38. The number of carbonyl (C=O) groups excluding carboxylic acids is 1. The molecule has 0 spiro atoms. The third-order valence-corrected chi connectivity index (χ3v) is 4.72. The lowest BCUT2D eigenvalue weighted by molar-refractivity contribution is 0.0726. The molecule has 1 amide bonds. The maximum atomic E-state index is 14.2. The van der Waals surface area contributed by atoms with Crippen LogP contribution in [0.5, 0.6) is 0 Å². The van der Waals surface area contributed by atoms with E-state index in [2.05, 4.69) is 5.32 Å². The lowest BCUT2D eigenvalue weighted by Crippen LogP contribution is -2.46. The van der Waals surface area contributed by atoms with E-state index in [-0.39, 0.29) is 24.1 Å². The van der Waals surface area contributed by atoms with E-state index < -0.39 is 0 Å². The number of nitrogens with one attached hydrogen (secondary N) is 1. The van der Waals surface area contributed by atoms with Gasteiger partial charge in [-0.25, -0.2) is 4.39 Å². The van der Waals surface area contributed by atoms with Crippen LogP contribution in [0.2, 0.25) is 0 Å². The summed E-state index contributed by atoms with van der Waals surface area (Å²) in [5, 5.41) is 4.26. The van der Waals surface area contributed by atoms with Crippen molar-refractivity contribution < 1.29 is 9.18 Å². The summed E-state index contributed by atoms with van der Waals surface area (Å²) in [7, 11) is 0. The number of para-hydroxylation sites is 1. The summed E-state index contributed by atoms with van der Waals surface area (Å²) >= 11 is 0. The number of carbonyl (C=O) groups is 1. The molecule has 1 N–H and O–H groups in total. The van der Waals surface area contributed by atoms with Gasteiger partial charge in [0, 0.05) is 42.6 Å². The van der Waals surface area contributed by atoms with E-state index in [4.69, 9.17) is 0 Å². The summed E-state index contributed by atoms with van der Waals surface area (Å²) in [4.78, 5) is 14.9. The molecule has 26 heavy (non-hydrogen) atoms. The second kappa shape index (κ2) is 7.89. The molecule has 6 heteroatoms. The van der Waals surface area contributed by atoms with Gasteiger partial charge in [0.25, 0.3) is 5.91 Å². The van der Waals surface area contributed by atoms with Crippen molar-refractivity contribution in [2.24, 2.45) is 0 Å². The molecule has 4 rings (SSSR count). The molecular formula is C20H21ClFN3O. The Hall–Kier alpha value is -2.37. The largest absolute Gasteiger partial charge is 0.335 e.